The molecule has 1 aliphatic carbocycles. The van der Waals surface area contributed by atoms with E-state index in [4.69, 9.17) is 0 Å². The average molecular weight is 220 g/mol. The Balaban J connectivity index is 0.000000963. The molecule has 1 unspecified atom stereocenters. The fourth-order valence-electron chi connectivity index (χ4n) is 2.40. The van der Waals surface area contributed by atoms with Gasteiger partial charge < -0.3 is 4.98 Å². The molecule has 3 heteroatoms. The van der Waals surface area contributed by atoms with Gasteiger partial charge in [-0.1, -0.05) is 0 Å². The van der Waals surface area contributed by atoms with Crippen molar-refractivity contribution in [3.63, 3.8) is 0 Å². The van der Waals surface area contributed by atoms with Gasteiger partial charge in [-0.05, 0) is 48.6 Å². The number of aromatic nitrogens is 2. The van der Waals surface area contributed by atoms with E-state index in [9.17, 15) is 0 Å². The van der Waals surface area contributed by atoms with Crippen molar-refractivity contribution >= 4 is 11.3 Å². The van der Waals surface area contributed by atoms with E-state index in [0.717, 1.165) is 12.3 Å². The van der Waals surface area contributed by atoms with Crippen LogP contribution in [-0.2, 0) is 19.3 Å². The summed E-state index contributed by atoms with van der Waals surface area (Å²) in [5, 5.41) is 2.23. The number of hydrogen-bond donors (Lipinski definition) is 1. The van der Waals surface area contributed by atoms with Crippen LogP contribution in [-0.4, -0.2) is 9.97 Å². The number of fused-ring (bicyclic) bond motifs is 1. The van der Waals surface area contributed by atoms with Gasteiger partial charge in [0.05, 0.1) is 6.33 Å². The molecule has 80 valence electrons. The Labute approximate surface area is 94.9 Å². The lowest BCUT2D eigenvalue weighted by Crippen LogP contribution is -2.14. The summed E-state index contributed by atoms with van der Waals surface area (Å²) in [6.45, 7) is 0. The number of nitrogens with zero attached hydrogens (tertiary/aromatic N) is 1. The first-order valence-corrected chi connectivity index (χ1v) is 6.32. The number of aromatic amines is 1. The summed E-state index contributed by atoms with van der Waals surface area (Å²) in [7, 11) is 0. The van der Waals surface area contributed by atoms with Crippen LogP contribution in [0.4, 0.5) is 0 Å². The second-order valence-electron chi connectivity index (χ2n) is 4.26. The molecular weight excluding hydrogens is 204 g/mol. The lowest BCUT2D eigenvalue weighted by atomic mass is 9.86. The molecule has 0 amide bonds. The molecule has 0 aliphatic heterocycles. The second kappa shape index (κ2) is 3.81. The van der Waals surface area contributed by atoms with Crippen LogP contribution in [0.5, 0.6) is 0 Å². The minimum absolute atomic E-state index is 0. The summed E-state index contributed by atoms with van der Waals surface area (Å²) in [6.07, 6.45) is 8.71. The fourth-order valence-corrected chi connectivity index (χ4v) is 3.33. The number of aryl methyl sites for hydroxylation is 1. The fraction of sp³-hybridized carbons (Fsp3) is 0.417. The maximum atomic E-state index is 4.07. The topological polar surface area (TPSA) is 28.7 Å². The predicted octanol–water partition coefficient (Wildman–Crippen LogP) is 3.06. The normalized spacial score (nSPS) is 20.1. The number of nitrogens with one attached hydrogen (secondary N) is 1. The third-order valence-corrected chi connectivity index (χ3v) is 4.21. The van der Waals surface area contributed by atoms with Crippen LogP contribution >= 0.6 is 11.3 Å². The number of hydrogen-bond acceptors (Lipinski definition) is 2. The minimum atomic E-state index is 0. The zero-order valence-corrected chi connectivity index (χ0v) is 9.39. The zero-order valence-electron chi connectivity index (χ0n) is 8.57. The van der Waals surface area contributed by atoms with Crippen molar-refractivity contribution < 1.29 is 1.43 Å². The van der Waals surface area contributed by atoms with Crippen LogP contribution in [0, 0.1) is 5.92 Å². The highest BCUT2D eigenvalue weighted by molar-refractivity contribution is 7.10. The Morgan fingerprint density at radius 1 is 1.60 bits per heavy atom. The highest BCUT2D eigenvalue weighted by Crippen LogP contribution is 2.30. The second-order valence-corrected chi connectivity index (χ2v) is 5.26. The third kappa shape index (κ3) is 1.84. The summed E-state index contributed by atoms with van der Waals surface area (Å²) in [6, 6.07) is 2.29. The van der Waals surface area contributed by atoms with Crippen molar-refractivity contribution in [3.05, 3.63) is 40.1 Å². The lowest BCUT2D eigenvalue weighted by Gasteiger charge is -2.21. The number of H-pyrrole nitrogens is 1. The summed E-state index contributed by atoms with van der Waals surface area (Å²) in [4.78, 5) is 8.87. The summed E-state index contributed by atoms with van der Waals surface area (Å²) in [5.41, 5.74) is 2.86. The van der Waals surface area contributed by atoms with Crippen LogP contribution in [0.1, 0.15) is 24.0 Å². The van der Waals surface area contributed by atoms with Gasteiger partial charge in [-0.2, -0.15) is 0 Å². The molecule has 2 aromatic rings. The minimum Gasteiger partial charge on any atom is -0.348 e. The maximum absolute atomic E-state index is 4.07. The van der Waals surface area contributed by atoms with E-state index in [1.807, 2.05) is 17.5 Å². The number of rotatable bonds is 2. The monoisotopic (exact) mass is 220 g/mol. The van der Waals surface area contributed by atoms with Gasteiger partial charge >= 0.3 is 0 Å². The van der Waals surface area contributed by atoms with E-state index in [2.05, 4.69) is 21.4 Å². The van der Waals surface area contributed by atoms with Gasteiger partial charge in [-0.25, -0.2) is 4.98 Å². The first-order chi connectivity index (χ1) is 7.42. The molecule has 0 fully saturated rings. The quantitative estimate of drug-likeness (QED) is 0.828. The highest BCUT2D eigenvalue weighted by Gasteiger charge is 2.19. The molecule has 2 aromatic heterocycles. The van der Waals surface area contributed by atoms with Gasteiger partial charge in [0.2, 0.25) is 0 Å². The van der Waals surface area contributed by atoms with E-state index in [0.29, 0.717) is 0 Å². The van der Waals surface area contributed by atoms with E-state index in [-0.39, 0.29) is 1.43 Å². The van der Waals surface area contributed by atoms with Crippen molar-refractivity contribution in [2.24, 2.45) is 5.92 Å². The van der Waals surface area contributed by atoms with Gasteiger partial charge in [0.15, 0.2) is 0 Å². The lowest BCUT2D eigenvalue weighted by molar-refractivity contribution is 0.456. The first kappa shape index (κ1) is 9.16. The Hall–Kier alpha value is -1.09. The van der Waals surface area contributed by atoms with Crippen LogP contribution in [0.3, 0.4) is 0 Å². The van der Waals surface area contributed by atoms with Gasteiger partial charge in [0.25, 0.3) is 0 Å². The SMILES string of the molecule is [HH].c1ncc(CC2CCc3sccc3C2)[nH]1. The van der Waals surface area contributed by atoms with E-state index in [1.54, 1.807) is 16.8 Å². The van der Waals surface area contributed by atoms with Gasteiger partial charge in [0.1, 0.15) is 0 Å². The molecule has 1 atom stereocenters. The summed E-state index contributed by atoms with van der Waals surface area (Å²) >= 11 is 1.92. The molecule has 0 aromatic carbocycles. The van der Waals surface area contributed by atoms with Crippen LogP contribution in [0.15, 0.2) is 24.0 Å². The van der Waals surface area contributed by atoms with Crippen LogP contribution < -0.4 is 0 Å². The standard InChI is InChI=1S/C12H14N2S.H2/c1-2-12-10(3-4-15-12)5-9(1)6-11-7-13-8-14-11;/h3-4,7-9H,1-2,5-6H2,(H,13,14);1H. The molecule has 1 N–H and O–H groups in total. The summed E-state index contributed by atoms with van der Waals surface area (Å²) < 4.78 is 0. The largest absolute Gasteiger partial charge is 0.348 e. The number of thiophene rings is 1. The smallest absolute Gasteiger partial charge is 0.0921 e. The zero-order chi connectivity index (χ0) is 10.1. The molecule has 2 heterocycles. The van der Waals surface area contributed by atoms with Gasteiger partial charge in [-0.3, -0.25) is 0 Å². The molecule has 0 saturated carbocycles. The van der Waals surface area contributed by atoms with Crippen molar-refractivity contribution in [1.82, 2.24) is 9.97 Å². The van der Waals surface area contributed by atoms with Gasteiger partial charge in [-0.15, -0.1) is 11.3 Å². The van der Waals surface area contributed by atoms with Crippen molar-refractivity contribution in [3.8, 4) is 0 Å². The maximum Gasteiger partial charge on any atom is 0.0921 e. The summed E-state index contributed by atoms with van der Waals surface area (Å²) in [5.74, 6) is 0.799. The van der Waals surface area contributed by atoms with E-state index in [1.165, 1.54) is 25.0 Å². The molecule has 0 saturated heterocycles. The molecule has 15 heavy (non-hydrogen) atoms. The van der Waals surface area contributed by atoms with Gasteiger partial charge in [0, 0.05) is 18.2 Å². The molecular formula is C12H16N2S. The molecule has 0 spiro atoms. The first-order valence-electron chi connectivity index (χ1n) is 5.44. The molecule has 0 bridgehead atoms. The molecule has 3 rings (SSSR count). The van der Waals surface area contributed by atoms with Crippen molar-refractivity contribution in [2.75, 3.05) is 0 Å². The Kier molecular flexibility index (Phi) is 2.33. The van der Waals surface area contributed by atoms with Crippen LogP contribution in [0.25, 0.3) is 0 Å². The van der Waals surface area contributed by atoms with Crippen molar-refractivity contribution in [2.45, 2.75) is 25.7 Å². The molecule has 2 nitrogen and oxygen atoms in total. The molecule has 0 radical (unpaired) electrons. The average Bonchev–Trinajstić information content (AvgIpc) is 2.87. The third-order valence-electron chi connectivity index (χ3n) is 3.19. The highest BCUT2D eigenvalue weighted by atomic mass is 32.1. The Morgan fingerprint density at radius 3 is 3.47 bits per heavy atom. The molecule has 1 aliphatic rings. The Bertz CT molecular complexity index is 436. The predicted molar refractivity (Wildman–Crippen MR) is 64.2 cm³/mol. The number of imidazole rings is 1. The van der Waals surface area contributed by atoms with Crippen LogP contribution in [0.2, 0.25) is 0 Å². The Morgan fingerprint density at radius 2 is 2.60 bits per heavy atom. The van der Waals surface area contributed by atoms with Crippen molar-refractivity contribution in [1.29, 1.82) is 0 Å². The van der Waals surface area contributed by atoms with E-state index < -0.39 is 0 Å². The van der Waals surface area contributed by atoms with E-state index >= 15 is 0 Å².